The monoisotopic (exact) mass is 345 g/mol. The maximum atomic E-state index is 11.8. The standard InChI is InChI=1S/C12H12INO3/c1-7-2-3-9(13)10(4-7)14-6-8(12(16)17)5-11(14)15/h2-4,8H,5-6H2,1H3,(H,16,17). The molecule has 90 valence electrons. The second kappa shape index (κ2) is 4.64. The van der Waals surface area contributed by atoms with Crippen molar-refractivity contribution < 1.29 is 14.7 Å². The number of rotatable bonds is 2. The van der Waals surface area contributed by atoms with Gasteiger partial charge in [-0.2, -0.15) is 0 Å². The van der Waals surface area contributed by atoms with Crippen LogP contribution in [-0.4, -0.2) is 23.5 Å². The van der Waals surface area contributed by atoms with Crippen molar-refractivity contribution in [2.24, 2.45) is 5.92 Å². The van der Waals surface area contributed by atoms with E-state index in [4.69, 9.17) is 5.11 Å². The first kappa shape index (κ1) is 12.3. The van der Waals surface area contributed by atoms with Gasteiger partial charge in [0, 0.05) is 16.5 Å². The van der Waals surface area contributed by atoms with E-state index in [-0.39, 0.29) is 18.9 Å². The van der Waals surface area contributed by atoms with Crippen molar-refractivity contribution in [1.29, 1.82) is 0 Å². The Hall–Kier alpha value is -1.11. The molecule has 0 aromatic heterocycles. The lowest BCUT2D eigenvalue weighted by Gasteiger charge is -2.18. The molecule has 4 nitrogen and oxygen atoms in total. The van der Waals surface area contributed by atoms with Gasteiger partial charge in [0.25, 0.3) is 0 Å². The van der Waals surface area contributed by atoms with E-state index in [9.17, 15) is 9.59 Å². The van der Waals surface area contributed by atoms with Crippen LogP contribution in [0.15, 0.2) is 18.2 Å². The summed E-state index contributed by atoms with van der Waals surface area (Å²) in [4.78, 5) is 24.3. The van der Waals surface area contributed by atoms with Gasteiger partial charge in [-0.1, -0.05) is 6.07 Å². The molecule has 0 bridgehead atoms. The van der Waals surface area contributed by atoms with Crippen LogP contribution in [0.3, 0.4) is 0 Å². The Labute approximate surface area is 113 Å². The van der Waals surface area contributed by atoms with Crippen LogP contribution in [0.4, 0.5) is 5.69 Å². The summed E-state index contributed by atoms with van der Waals surface area (Å²) >= 11 is 2.16. The molecule has 5 heteroatoms. The maximum Gasteiger partial charge on any atom is 0.308 e. The van der Waals surface area contributed by atoms with E-state index in [0.29, 0.717) is 0 Å². The van der Waals surface area contributed by atoms with Crippen molar-refractivity contribution in [3.8, 4) is 0 Å². The number of hydrogen-bond acceptors (Lipinski definition) is 2. The number of hydrogen-bond donors (Lipinski definition) is 1. The molecule has 1 aliphatic rings. The van der Waals surface area contributed by atoms with Gasteiger partial charge in [0.2, 0.25) is 5.91 Å². The molecule has 1 heterocycles. The fourth-order valence-corrected chi connectivity index (χ4v) is 2.56. The Balaban J connectivity index is 2.32. The van der Waals surface area contributed by atoms with Crippen molar-refractivity contribution in [3.63, 3.8) is 0 Å². The van der Waals surface area contributed by atoms with E-state index in [1.54, 1.807) is 4.90 Å². The van der Waals surface area contributed by atoms with E-state index < -0.39 is 11.9 Å². The van der Waals surface area contributed by atoms with Gasteiger partial charge in [-0.25, -0.2) is 0 Å². The minimum Gasteiger partial charge on any atom is -0.481 e. The minimum absolute atomic E-state index is 0.0966. The fraction of sp³-hybridized carbons (Fsp3) is 0.333. The molecule has 2 rings (SSSR count). The number of carboxylic acid groups (broad SMARTS) is 1. The number of aliphatic carboxylic acids is 1. The summed E-state index contributed by atoms with van der Waals surface area (Å²) in [6.07, 6.45) is 0.0966. The third-order valence-electron chi connectivity index (χ3n) is 2.87. The summed E-state index contributed by atoms with van der Waals surface area (Å²) in [5.74, 6) is -1.59. The molecule has 1 N–H and O–H groups in total. The van der Waals surface area contributed by atoms with Gasteiger partial charge < -0.3 is 10.0 Å². The molecule has 0 saturated carbocycles. The van der Waals surface area contributed by atoms with Gasteiger partial charge in [-0.3, -0.25) is 9.59 Å². The lowest BCUT2D eigenvalue weighted by Crippen LogP contribution is -2.26. The molecule has 1 saturated heterocycles. The molecule has 17 heavy (non-hydrogen) atoms. The number of anilines is 1. The summed E-state index contributed by atoms with van der Waals surface area (Å²) in [5.41, 5.74) is 1.88. The Morgan fingerprint density at radius 3 is 2.82 bits per heavy atom. The first-order valence-corrected chi connectivity index (χ1v) is 6.36. The highest BCUT2D eigenvalue weighted by Crippen LogP contribution is 2.30. The maximum absolute atomic E-state index is 11.8. The van der Waals surface area contributed by atoms with Crippen molar-refractivity contribution in [1.82, 2.24) is 0 Å². The van der Waals surface area contributed by atoms with E-state index in [1.165, 1.54) is 0 Å². The van der Waals surface area contributed by atoms with Gasteiger partial charge in [0.05, 0.1) is 11.6 Å². The van der Waals surface area contributed by atoms with Gasteiger partial charge in [-0.05, 0) is 47.2 Å². The van der Waals surface area contributed by atoms with Gasteiger partial charge >= 0.3 is 5.97 Å². The Morgan fingerprint density at radius 1 is 1.53 bits per heavy atom. The highest BCUT2D eigenvalue weighted by molar-refractivity contribution is 14.1. The zero-order chi connectivity index (χ0) is 12.6. The van der Waals surface area contributed by atoms with Crippen molar-refractivity contribution >= 4 is 40.2 Å². The van der Waals surface area contributed by atoms with E-state index in [0.717, 1.165) is 14.8 Å². The lowest BCUT2D eigenvalue weighted by molar-refractivity contribution is -0.141. The Bertz CT molecular complexity index is 487. The molecule has 0 radical (unpaired) electrons. The Kier molecular flexibility index (Phi) is 3.37. The topological polar surface area (TPSA) is 57.6 Å². The summed E-state index contributed by atoms with van der Waals surface area (Å²) in [7, 11) is 0. The second-order valence-corrected chi connectivity index (χ2v) is 5.36. The second-order valence-electron chi connectivity index (χ2n) is 4.20. The minimum atomic E-state index is -0.900. The van der Waals surface area contributed by atoms with Crippen LogP contribution in [0.25, 0.3) is 0 Å². The molecule has 1 fully saturated rings. The van der Waals surface area contributed by atoms with Crippen LogP contribution < -0.4 is 4.90 Å². The summed E-state index contributed by atoms with van der Waals surface area (Å²) in [5, 5.41) is 8.94. The molecule has 0 aliphatic carbocycles. The third-order valence-corrected chi connectivity index (χ3v) is 3.78. The molecular weight excluding hydrogens is 333 g/mol. The predicted octanol–water partition coefficient (Wildman–Crippen LogP) is 2.04. The highest BCUT2D eigenvalue weighted by Gasteiger charge is 2.35. The van der Waals surface area contributed by atoms with E-state index >= 15 is 0 Å². The van der Waals surface area contributed by atoms with Crippen molar-refractivity contribution in [2.75, 3.05) is 11.4 Å². The van der Waals surface area contributed by atoms with Gasteiger partial charge in [0.15, 0.2) is 0 Å². The average Bonchev–Trinajstić information content (AvgIpc) is 2.64. The SMILES string of the molecule is Cc1ccc(I)c(N2CC(C(=O)O)CC2=O)c1. The summed E-state index contributed by atoms with van der Waals surface area (Å²) < 4.78 is 0.965. The average molecular weight is 345 g/mol. The molecule has 1 unspecified atom stereocenters. The summed E-state index contributed by atoms with van der Waals surface area (Å²) in [6, 6.07) is 5.83. The summed E-state index contributed by atoms with van der Waals surface area (Å²) in [6.45, 7) is 2.22. The van der Waals surface area contributed by atoms with Crippen LogP contribution in [0.1, 0.15) is 12.0 Å². The van der Waals surface area contributed by atoms with E-state index in [1.807, 2.05) is 25.1 Å². The zero-order valence-corrected chi connectivity index (χ0v) is 11.5. The first-order chi connectivity index (χ1) is 7.99. The predicted molar refractivity (Wildman–Crippen MR) is 72.0 cm³/mol. The smallest absolute Gasteiger partial charge is 0.308 e. The van der Waals surface area contributed by atoms with Crippen molar-refractivity contribution in [3.05, 3.63) is 27.3 Å². The van der Waals surface area contributed by atoms with Crippen LogP contribution in [0, 0.1) is 16.4 Å². The molecule has 1 atom stereocenters. The molecule has 0 spiro atoms. The molecule has 1 amide bonds. The largest absolute Gasteiger partial charge is 0.481 e. The van der Waals surface area contributed by atoms with Gasteiger partial charge in [-0.15, -0.1) is 0 Å². The number of carbonyl (C=O) groups excluding carboxylic acids is 1. The van der Waals surface area contributed by atoms with Crippen LogP contribution in [0.5, 0.6) is 0 Å². The molecule has 1 aromatic carbocycles. The molecule has 1 aliphatic heterocycles. The highest BCUT2D eigenvalue weighted by atomic mass is 127. The zero-order valence-electron chi connectivity index (χ0n) is 9.31. The number of carboxylic acids is 1. The number of amides is 1. The fourth-order valence-electron chi connectivity index (χ4n) is 1.94. The number of aryl methyl sites for hydroxylation is 1. The first-order valence-electron chi connectivity index (χ1n) is 5.28. The lowest BCUT2D eigenvalue weighted by atomic mass is 10.1. The van der Waals surface area contributed by atoms with E-state index in [2.05, 4.69) is 22.6 Å². The number of halogens is 1. The van der Waals surface area contributed by atoms with Crippen LogP contribution in [-0.2, 0) is 9.59 Å². The number of nitrogens with zero attached hydrogens (tertiary/aromatic N) is 1. The van der Waals surface area contributed by atoms with Crippen molar-refractivity contribution in [2.45, 2.75) is 13.3 Å². The third kappa shape index (κ3) is 2.43. The molecular formula is C12H12INO3. The van der Waals surface area contributed by atoms with Gasteiger partial charge in [0.1, 0.15) is 0 Å². The number of benzene rings is 1. The molecule has 1 aromatic rings. The quantitative estimate of drug-likeness (QED) is 0.835. The van der Waals surface area contributed by atoms with Crippen LogP contribution >= 0.6 is 22.6 Å². The normalized spacial score (nSPS) is 19.8. The van der Waals surface area contributed by atoms with Crippen LogP contribution in [0.2, 0.25) is 0 Å². The Morgan fingerprint density at radius 2 is 2.24 bits per heavy atom. The number of carbonyl (C=O) groups is 2.